The van der Waals surface area contributed by atoms with Crippen molar-refractivity contribution in [3.05, 3.63) is 52.2 Å². The molecule has 4 N–H and O–H groups in total. The molecule has 0 saturated heterocycles. The molecule has 1 aromatic heterocycles. The van der Waals surface area contributed by atoms with Crippen molar-refractivity contribution >= 4 is 11.6 Å². The van der Waals surface area contributed by atoms with Gasteiger partial charge in [0.15, 0.2) is 0 Å². The Labute approximate surface area is 110 Å². The van der Waals surface area contributed by atoms with E-state index >= 15 is 0 Å². The standard InChI is InChI=1S/C13H16N4O2/c1-2-14-7-9-5-3-4-6-10(9)16-12(18)11-8-15-13(19)17-11/h3-6,8,14H,2,7H2,1H3,(H,16,18)(H2,15,17,19). The van der Waals surface area contributed by atoms with Crippen LogP contribution in [0.4, 0.5) is 5.69 Å². The zero-order chi connectivity index (χ0) is 13.7. The van der Waals surface area contributed by atoms with Gasteiger partial charge in [-0.05, 0) is 18.2 Å². The number of anilines is 1. The minimum absolute atomic E-state index is 0.211. The fraction of sp³-hybridized carbons (Fsp3) is 0.231. The van der Waals surface area contributed by atoms with Gasteiger partial charge in [0, 0.05) is 18.4 Å². The van der Waals surface area contributed by atoms with Crippen LogP contribution in [0.2, 0.25) is 0 Å². The monoisotopic (exact) mass is 260 g/mol. The van der Waals surface area contributed by atoms with E-state index in [4.69, 9.17) is 0 Å². The molecule has 0 saturated carbocycles. The van der Waals surface area contributed by atoms with Gasteiger partial charge in [0.2, 0.25) is 0 Å². The van der Waals surface area contributed by atoms with Crippen LogP contribution in [0.3, 0.4) is 0 Å². The third-order valence-corrected chi connectivity index (χ3v) is 2.67. The second kappa shape index (κ2) is 6.01. The molecule has 100 valence electrons. The number of H-pyrrole nitrogens is 2. The molecular weight excluding hydrogens is 244 g/mol. The van der Waals surface area contributed by atoms with Crippen molar-refractivity contribution in [3.63, 3.8) is 0 Å². The summed E-state index contributed by atoms with van der Waals surface area (Å²) < 4.78 is 0. The van der Waals surface area contributed by atoms with Gasteiger partial charge in [-0.1, -0.05) is 25.1 Å². The normalized spacial score (nSPS) is 10.4. The molecule has 2 rings (SSSR count). The summed E-state index contributed by atoms with van der Waals surface area (Å²) >= 11 is 0. The van der Waals surface area contributed by atoms with Crippen LogP contribution in [-0.2, 0) is 6.54 Å². The highest BCUT2D eigenvalue weighted by Gasteiger charge is 2.10. The van der Waals surface area contributed by atoms with Crippen molar-refractivity contribution in [1.82, 2.24) is 15.3 Å². The predicted molar refractivity (Wildman–Crippen MR) is 73.2 cm³/mol. The number of rotatable bonds is 5. The first-order chi connectivity index (χ1) is 9.20. The third kappa shape index (κ3) is 3.32. The average molecular weight is 260 g/mol. The zero-order valence-electron chi connectivity index (χ0n) is 10.6. The lowest BCUT2D eigenvalue weighted by molar-refractivity contribution is 0.102. The van der Waals surface area contributed by atoms with Crippen LogP contribution in [-0.4, -0.2) is 22.4 Å². The van der Waals surface area contributed by atoms with Gasteiger partial charge in [-0.3, -0.25) is 4.79 Å². The van der Waals surface area contributed by atoms with E-state index < -0.39 is 5.69 Å². The van der Waals surface area contributed by atoms with Crippen LogP contribution in [0.1, 0.15) is 23.0 Å². The van der Waals surface area contributed by atoms with Crippen molar-refractivity contribution in [2.24, 2.45) is 0 Å². The molecule has 0 spiro atoms. The first kappa shape index (κ1) is 13.1. The second-order valence-corrected chi connectivity index (χ2v) is 4.05. The number of benzene rings is 1. The molecule has 1 amide bonds. The van der Waals surface area contributed by atoms with Gasteiger partial charge in [-0.15, -0.1) is 0 Å². The van der Waals surface area contributed by atoms with Gasteiger partial charge in [0.25, 0.3) is 5.91 Å². The molecule has 0 aliphatic carbocycles. The van der Waals surface area contributed by atoms with E-state index in [0.717, 1.165) is 17.8 Å². The highest BCUT2D eigenvalue weighted by molar-refractivity contribution is 6.03. The summed E-state index contributed by atoms with van der Waals surface area (Å²) in [6, 6.07) is 7.54. The SMILES string of the molecule is CCNCc1ccccc1NC(=O)c1c[nH]c(=O)[nH]1. The molecule has 0 atom stereocenters. The lowest BCUT2D eigenvalue weighted by Gasteiger charge is -2.10. The van der Waals surface area contributed by atoms with Crippen LogP contribution < -0.4 is 16.3 Å². The number of hydrogen-bond donors (Lipinski definition) is 4. The summed E-state index contributed by atoms with van der Waals surface area (Å²) in [5.41, 5.74) is 1.54. The Balaban J connectivity index is 2.14. The number of amides is 1. The number of nitrogens with one attached hydrogen (secondary N) is 4. The minimum Gasteiger partial charge on any atom is -0.320 e. The van der Waals surface area contributed by atoms with Crippen molar-refractivity contribution < 1.29 is 4.79 Å². The Bertz CT molecular complexity index is 615. The van der Waals surface area contributed by atoms with Gasteiger partial charge >= 0.3 is 5.69 Å². The summed E-state index contributed by atoms with van der Waals surface area (Å²) in [4.78, 5) is 27.7. The Kier molecular flexibility index (Phi) is 4.15. The number of carbonyl (C=O) groups is 1. The summed E-state index contributed by atoms with van der Waals surface area (Å²) in [5, 5.41) is 5.99. The molecule has 0 fully saturated rings. The van der Waals surface area contributed by atoms with Gasteiger partial charge in [0.05, 0.1) is 0 Å². The second-order valence-electron chi connectivity index (χ2n) is 4.05. The molecule has 1 heterocycles. The van der Waals surface area contributed by atoms with Crippen LogP contribution in [0.15, 0.2) is 35.3 Å². The molecule has 19 heavy (non-hydrogen) atoms. The Morgan fingerprint density at radius 1 is 1.32 bits per heavy atom. The lowest BCUT2D eigenvalue weighted by Crippen LogP contribution is -2.17. The fourth-order valence-corrected chi connectivity index (χ4v) is 1.70. The van der Waals surface area contributed by atoms with Crippen molar-refractivity contribution in [2.45, 2.75) is 13.5 Å². The van der Waals surface area contributed by atoms with Gasteiger partial charge in [-0.25, -0.2) is 4.79 Å². The van der Waals surface area contributed by atoms with Crippen molar-refractivity contribution in [2.75, 3.05) is 11.9 Å². The van der Waals surface area contributed by atoms with E-state index in [-0.39, 0.29) is 11.6 Å². The molecule has 6 nitrogen and oxygen atoms in total. The summed E-state index contributed by atoms with van der Waals surface area (Å²) in [5.74, 6) is -0.345. The van der Waals surface area contributed by atoms with E-state index in [2.05, 4.69) is 20.6 Å². The van der Waals surface area contributed by atoms with Crippen LogP contribution in [0, 0.1) is 0 Å². The fourth-order valence-electron chi connectivity index (χ4n) is 1.70. The molecule has 0 bridgehead atoms. The maximum atomic E-state index is 11.9. The lowest BCUT2D eigenvalue weighted by atomic mass is 10.1. The number of hydrogen-bond acceptors (Lipinski definition) is 3. The Morgan fingerprint density at radius 2 is 2.11 bits per heavy atom. The molecule has 0 aliphatic rings. The number of carbonyl (C=O) groups excluding carboxylic acids is 1. The molecule has 0 unspecified atom stereocenters. The molecule has 0 aliphatic heterocycles. The number of imidazole rings is 1. The zero-order valence-corrected chi connectivity index (χ0v) is 10.6. The maximum Gasteiger partial charge on any atom is 0.323 e. The van der Waals surface area contributed by atoms with E-state index in [1.54, 1.807) is 0 Å². The van der Waals surface area contributed by atoms with Crippen molar-refractivity contribution in [3.8, 4) is 0 Å². The Hall–Kier alpha value is -2.34. The van der Waals surface area contributed by atoms with Crippen LogP contribution in [0.25, 0.3) is 0 Å². The highest BCUT2D eigenvalue weighted by atomic mass is 16.2. The van der Waals surface area contributed by atoms with E-state index in [9.17, 15) is 9.59 Å². The van der Waals surface area contributed by atoms with Gasteiger partial charge in [-0.2, -0.15) is 0 Å². The number of aromatic nitrogens is 2. The van der Waals surface area contributed by atoms with E-state index in [1.165, 1.54) is 6.20 Å². The summed E-state index contributed by atoms with van der Waals surface area (Å²) in [6.45, 7) is 3.55. The summed E-state index contributed by atoms with van der Waals surface area (Å²) in [6.07, 6.45) is 1.35. The van der Waals surface area contributed by atoms with Gasteiger partial charge in [0.1, 0.15) is 5.69 Å². The summed E-state index contributed by atoms with van der Waals surface area (Å²) in [7, 11) is 0. The Morgan fingerprint density at radius 3 is 2.79 bits per heavy atom. The highest BCUT2D eigenvalue weighted by Crippen LogP contribution is 2.15. The third-order valence-electron chi connectivity index (χ3n) is 2.67. The van der Waals surface area contributed by atoms with Gasteiger partial charge < -0.3 is 20.6 Å². The minimum atomic E-state index is -0.397. The topological polar surface area (TPSA) is 89.8 Å². The molecule has 1 aromatic carbocycles. The quantitative estimate of drug-likeness (QED) is 0.648. The largest absolute Gasteiger partial charge is 0.323 e. The smallest absolute Gasteiger partial charge is 0.320 e. The predicted octanol–water partition coefficient (Wildman–Crippen LogP) is 1.06. The first-order valence-electron chi connectivity index (χ1n) is 6.08. The van der Waals surface area contributed by atoms with E-state index in [1.807, 2.05) is 31.2 Å². The maximum absolute atomic E-state index is 11.9. The first-order valence-corrected chi connectivity index (χ1v) is 6.08. The average Bonchev–Trinajstić information content (AvgIpc) is 2.84. The molecule has 2 aromatic rings. The van der Waals surface area contributed by atoms with E-state index in [0.29, 0.717) is 6.54 Å². The van der Waals surface area contributed by atoms with Crippen LogP contribution in [0.5, 0.6) is 0 Å². The number of para-hydroxylation sites is 1. The molecular formula is C13H16N4O2. The number of aromatic amines is 2. The molecule has 6 heteroatoms. The van der Waals surface area contributed by atoms with Crippen molar-refractivity contribution in [1.29, 1.82) is 0 Å². The van der Waals surface area contributed by atoms with Crippen LogP contribution >= 0.6 is 0 Å². The molecule has 0 radical (unpaired) electrons.